The minimum Gasteiger partial charge on any atom is -0.352 e. The summed E-state index contributed by atoms with van der Waals surface area (Å²) in [5, 5.41) is 6.33. The maximum atomic E-state index is 12.1. The number of hydrogen-bond acceptors (Lipinski definition) is 2. The highest BCUT2D eigenvalue weighted by Gasteiger charge is 2.22. The Hall–Kier alpha value is -1.35. The summed E-state index contributed by atoms with van der Waals surface area (Å²) in [6.45, 7) is 11.0. The van der Waals surface area contributed by atoms with E-state index in [1.54, 1.807) is 0 Å². The summed E-state index contributed by atoms with van der Waals surface area (Å²) in [5.74, 6) is 0.328. The van der Waals surface area contributed by atoms with Crippen molar-refractivity contribution < 1.29 is 4.79 Å². The summed E-state index contributed by atoms with van der Waals surface area (Å²) in [6.07, 6.45) is 0.955. The number of aryl methyl sites for hydroxylation is 2. The molecule has 1 amide bonds. The molecule has 1 aromatic rings. The Morgan fingerprint density at radius 1 is 1.26 bits per heavy atom. The van der Waals surface area contributed by atoms with Crippen LogP contribution in [-0.4, -0.2) is 19.0 Å². The molecule has 1 saturated heterocycles. The van der Waals surface area contributed by atoms with Crippen LogP contribution in [0, 0.1) is 33.6 Å². The summed E-state index contributed by atoms with van der Waals surface area (Å²) in [6, 6.07) is 2.22. The minimum atomic E-state index is 0.145. The second kappa shape index (κ2) is 5.74. The fourth-order valence-electron chi connectivity index (χ4n) is 2.76. The van der Waals surface area contributed by atoms with Crippen LogP contribution in [0.5, 0.6) is 0 Å². The van der Waals surface area contributed by atoms with Gasteiger partial charge in [-0.2, -0.15) is 0 Å². The second-order valence-corrected chi connectivity index (χ2v) is 5.65. The van der Waals surface area contributed by atoms with E-state index in [0.717, 1.165) is 19.5 Å². The van der Waals surface area contributed by atoms with Crippen LogP contribution in [0.25, 0.3) is 0 Å². The van der Waals surface area contributed by atoms with Crippen LogP contribution in [0.1, 0.15) is 34.2 Å². The Morgan fingerprint density at radius 2 is 1.89 bits per heavy atom. The van der Waals surface area contributed by atoms with E-state index in [2.05, 4.69) is 44.4 Å². The lowest BCUT2D eigenvalue weighted by Crippen LogP contribution is -2.32. The van der Waals surface area contributed by atoms with E-state index in [0.29, 0.717) is 6.54 Å². The van der Waals surface area contributed by atoms with Gasteiger partial charge in [-0.3, -0.25) is 4.79 Å². The Bertz CT molecular complexity index is 462. The van der Waals surface area contributed by atoms with E-state index >= 15 is 0 Å². The van der Waals surface area contributed by atoms with Gasteiger partial charge < -0.3 is 10.6 Å². The molecule has 1 unspecified atom stereocenters. The molecule has 1 aliphatic heterocycles. The predicted octanol–water partition coefficient (Wildman–Crippen LogP) is 2.15. The number of nitrogens with one attached hydrogen (secondary N) is 2. The van der Waals surface area contributed by atoms with Gasteiger partial charge in [-0.25, -0.2) is 0 Å². The van der Waals surface area contributed by atoms with Crippen molar-refractivity contribution in [1.82, 2.24) is 10.6 Å². The molecule has 1 fully saturated rings. The monoisotopic (exact) mass is 260 g/mol. The molecule has 3 nitrogen and oxygen atoms in total. The van der Waals surface area contributed by atoms with E-state index in [4.69, 9.17) is 0 Å². The lowest BCUT2D eigenvalue weighted by atomic mass is 9.94. The number of hydrogen-bond donors (Lipinski definition) is 2. The fraction of sp³-hybridized carbons (Fsp3) is 0.562. The van der Waals surface area contributed by atoms with E-state index in [1.807, 2.05) is 0 Å². The number of carbonyl (C=O) groups excluding carboxylic acids is 1. The molecule has 1 aliphatic rings. The van der Waals surface area contributed by atoms with Gasteiger partial charge in [0.1, 0.15) is 0 Å². The standard InChI is InChI=1S/C16H24N2O/c1-10-7-11(2)13(4)15(12(10)3)9-18-16(19)14-5-6-17-8-14/h7,14,17H,5-6,8-9H2,1-4H3,(H,18,19). The number of benzene rings is 1. The van der Waals surface area contributed by atoms with Gasteiger partial charge in [0, 0.05) is 13.1 Å². The van der Waals surface area contributed by atoms with Crippen molar-refractivity contribution in [1.29, 1.82) is 0 Å². The van der Waals surface area contributed by atoms with Crippen LogP contribution in [0.3, 0.4) is 0 Å². The van der Waals surface area contributed by atoms with Crippen molar-refractivity contribution >= 4 is 5.91 Å². The molecule has 0 aromatic heterocycles. The van der Waals surface area contributed by atoms with E-state index < -0.39 is 0 Å². The highest BCUT2D eigenvalue weighted by atomic mass is 16.1. The van der Waals surface area contributed by atoms with Crippen molar-refractivity contribution in [3.8, 4) is 0 Å². The molecule has 0 radical (unpaired) electrons. The maximum Gasteiger partial charge on any atom is 0.224 e. The first-order valence-electron chi connectivity index (χ1n) is 7.05. The Morgan fingerprint density at radius 3 is 2.42 bits per heavy atom. The highest BCUT2D eigenvalue weighted by Crippen LogP contribution is 2.21. The summed E-state index contributed by atoms with van der Waals surface area (Å²) < 4.78 is 0. The summed E-state index contributed by atoms with van der Waals surface area (Å²) >= 11 is 0. The van der Waals surface area contributed by atoms with Crippen molar-refractivity contribution in [2.24, 2.45) is 5.92 Å². The molecule has 0 bridgehead atoms. The Kier molecular flexibility index (Phi) is 4.25. The quantitative estimate of drug-likeness (QED) is 0.874. The lowest BCUT2D eigenvalue weighted by Gasteiger charge is -2.17. The minimum absolute atomic E-state index is 0.145. The highest BCUT2D eigenvalue weighted by molar-refractivity contribution is 5.79. The van der Waals surface area contributed by atoms with E-state index in [9.17, 15) is 4.79 Å². The van der Waals surface area contributed by atoms with Gasteiger partial charge in [-0.1, -0.05) is 6.07 Å². The van der Waals surface area contributed by atoms with Crippen LogP contribution in [-0.2, 0) is 11.3 Å². The first-order valence-corrected chi connectivity index (χ1v) is 7.05. The van der Waals surface area contributed by atoms with Gasteiger partial charge in [-0.05, 0) is 68.5 Å². The van der Waals surface area contributed by atoms with Gasteiger partial charge in [0.15, 0.2) is 0 Å². The first-order chi connectivity index (χ1) is 9.00. The topological polar surface area (TPSA) is 41.1 Å². The number of carbonyl (C=O) groups is 1. The smallest absolute Gasteiger partial charge is 0.224 e. The molecule has 1 atom stereocenters. The zero-order valence-corrected chi connectivity index (χ0v) is 12.4. The van der Waals surface area contributed by atoms with Crippen LogP contribution in [0.4, 0.5) is 0 Å². The molecule has 3 heteroatoms. The Labute approximate surface area is 115 Å². The Balaban J connectivity index is 2.09. The number of amides is 1. The molecule has 0 saturated carbocycles. The molecule has 0 spiro atoms. The third kappa shape index (κ3) is 2.98. The second-order valence-electron chi connectivity index (χ2n) is 5.65. The molecule has 1 aromatic carbocycles. The predicted molar refractivity (Wildman–Crippen MR) is 78.2 cm³/mol. The summed E-state index contributed by atoms with van der Waals surface area (Å²) in [5.41, 5.74) is 6.47. The molecule has 2 rings (SSSR count). The van der Waals surface area contributed by atoms with Gasteiger partial charge in [0.25, 0.3) is 0 Å². The molecule has 1 heterocycles. The molecule has 0 aliphatic carbocycles. The average molecular weight is 260 g/mol. The molecule has 2 N–H and O–H groups in total. The fourth-order valence-corrected chi connectivity index (χ4v) is 2.76. The van der Waals surface area contributed by atoms with Crippen molar-refractivity contribution in [2.45, 2.75) is 40.7 Å². The van der Waals surface area contributed by atoms with Gasteiger partial charge in [-0.15, -0.1) is 0 Å². The number of rotatable bonds is 3. The SMILES string of the molecule is Cc1cc(C)c(C)c(CNC(=O)C2CCNC2)c1C. The zero-order chi connectivity index (χ0) is 14.0. The molecular formula is C16H24N2O. The average Bonchev–Trinajstić information content (AvgIpc) is 2.90. The molecular weight excluding hydrogens is 236 g/mol. The van der Waals surface area contributed by atoms with Gasteiger partial charge in [0.2, 0.25) is 5.91 Å². The third-order valence-corrected chi connectivity index (χ3v) is 4.39. The van der Waals surface area contributed by atoms with E-state index in [-0.39, 0.29) is 11.8 Å². The van der Waals surface area contributed by atoms with Crippen LogP contribution in [0.15, 0.2) is 6.07 Å². The summed E-state index contributed by atoms with van der Waals surface area (Å²) in [7, 11) is 0. The zero-order valence-electron chi connectivity index (χ0n) is 12.4. The summed E-state index contributed by atoms with van der Waals surface area (Å²) in [4.78, 5) is 12.1. The molecule has 104 valence electrons. The van der Waals surface area contributed by atoms with Crippen LogP contribution >= 0.6 is 0 Å². The lowest BCUT2D eigenvalue weighted by molar-refractivity contribution is -0.124. The van der Waals surface area contributed by atoms with E-state index in [1.165, 1.54) is 27.8 Å². The molecule has 19 heavy (non-hydrogen) atoms. The van der Waals surface area contributed by atoms with Crippen molar-refractivity contribution in [3.63, 3.8) is 0 Å². The van der Waals surface area contributed by atoms with Crippen LogP contribution in [0.2, 0.25) is 0 Å². The first kappa shape index (κ1) is 14.1. The van der Waals surface area contributed by atoms with Crippen LogP contribution < -0.4 is 10.6 Å². The third-order valence-electron chi connectivity index (χ3n) is 4.39. The van der Waals surface area contributed by atoms with Crippen molar-refractivity contribution in [3.05, 3.63) is 33.9 Å². The van der Waals surface area contributed by atoms with Gasteiger partial charge in [0.05, 0.1) is 5.92 Å². The van der Waals surface area contributed by atoms with Crippen molar-refractivity contribution in [2.75, 3.05) is 13.1 Å². The normalized spacial score (nSPS) is 18.6. The maximum absolute atomic E-state index is 12.1. The largest absolute Gasteiger partial charge is 0.352 e. The van der Waals surface area contributed by atoms with Gasteiger partial charge >= 0.3 is 0 Å².